The van der Waals surface area contributed by atoms with Crippen LogP contribution >= 0.6 is 0 Å². The second-order valence-electron chi connectivity index (χ2n) is 6.70. The van der Waals surface area contributed by atoms with E-state index in [2.05, 4.69) is 29.7 Å². The Morgan fingerprint density at radius 2 is 1.94 bits per heavy atom. The highest BCUT2D eigenvalue weighted by Gasteiger charge is 2.31. The van der Waals surface area contributed by atoms with Gasteiger partial charge >= 0.3 is 12.5 Å². The fraction of sp³-hybridized carbons (Fsp3) is 0.150. The van der Waals surface area contributed by atoms with Crippen molar-refractivity contribution in [3.63, 3.8) is 0 Å². The van der Waals surface area contributed by atoms with Crippen LogP contribution < -0.4 is 9.47 Å². The van der Waals surface area contributed by atoms with Crippen LogP contribution in [-0.4, -0.2) is 42.5 Å². The van der Waals surface area contributed by atoms with Gasteiger partial charge in [0.25, 0.3) is 5.89 Å². The Morgan fingerprint density at radius 3 is 2.58 bits per heavy atom. The van der Waals surface area contributed by atoms with E-state index in [9.17, 15) is 18.0 Å². The number of alkyl halides is 3. The predicted molar refractivity (Wildman–Crippen MR) is 104 cm³/mol. The standard InChI is InChI=1S/C20H14F3N5O5/c1-11-8-15(26-28(11)10-12-2-7-16(24-9-12)31-19(29)30)18-25-17(27-33-18)13-3-5-14(6-4-13)32-20(21,22)23/h2-9H,10H2,1H3,(H,29,30). The van der Waals surface area contributed by atoms with Crippen LogP contribution in [0.1, 0.15) is 11.3 Å². The molecule has 1 aromatic carbocycles. The maximum absolute atomic E-state index is 12.3. The van der Waals surface area contributed by atoms with E-state index >= 15 is 0 Å². The summed E-state index contributed by atoms with van der Waals surface area (Å²) in [6, 6.07) is 9.88. The summed E-state index contributed by atoms with van der Waals surface area (Å²) in [7, 11) is 0. The van der Waals surface area contributed by atoms with E-state index in [4.69, 9.17) is 9.63 Å². The topological polar surface area (TPSA) is 125 Å². The molecule has 0 fully saturated rings. The maximum Gasteiger partial charge on any atom is 0.573 e. The molecule has 0 bridgehead atoms. The summed E-state index contributed by atoms with van der Waals surface area (Å²) < 4.78 is 52.1. The molecule has 0 spiro atoms. The van der Waals surface area contributed by atoms with Crippen molar-refractivity contribution in [3.8, 4) is 34.6 Å². The molecule has 0 atom stereocenters. The van der Waals surface area contributed by atoms with Gasteiger partial charge in [0.05, 0.1) is 6.54 Å². The largest absolute Gasteiger partial charge is 0.573 e. The van der Waals surface area contributed by atoms with Crippen molar-refractivity contribution in [3.05, 3.63) is 59.9 Å². The summed E-state index contributed by atoms with van der Waals surface area (Å²) in [6.07, 6.45) is -4.76. The number of ether oxygens (including phenoxy) is 2. The van der Waals surface area contributed by atoms with E-state index in [1.54, 1.807) is 16.8 Å². The molecule has 0 unspecified atom stereocenters. The highest BCUT2D eigenvalue weighted by Crippen LogP contribution is 2.27. The molecule has 4 aromatic rings. The lowest BCUT2D eigenvalue weighted by atomic mass is 10.2. The summed E-state index contributed by atoms with van der Waals surface area (Å²) in [5, 5.41) is 16.9. The number of hydrogen-bond donors (Lipinski definition) is 1. The first-order valence-electron chi connectivity index (χ1n) is 9.27. The van der Waals surface area contributed by atoms with Gasteiger partial charge in [-0.1, -0.05) is 11.2 Å². The van der Waals surface area contributed by atoms with Gasteiger partial charge in [0.2, 0.25) is 11.7 Å². The quantitative estimate of drug-likeness (QED) is 0.418. The number of aryl methyl sites for hydroxylation is 1. The summed E-state index contributed by atoms with van der Waals surface area (Å²) in [6.45, 7) is 2.16. The summed E-state index contributed by atoms with van der Waals surface area (Å²) in [4.78, 5) is 18.7. The van der Waals surface area contributed by atoms with Crippen LogP contribution in [0.2, 0.25) is 0 Å². The molecule has 13 heteroatoms. The fourth-order valence-electron chi connectivity index (χ4n) is 2.85. The minimum absolute atomic E-state index is 0.0412. The molecule has 170 valence electrons. The van der Waals surface area contributed by atoms with Gasteiger partial charge in [-0.15, -0.1) is 13.2 Å². The van der Waals surface area contributed by atoms with Crippen molar-refractivity contribution < 1.29 is 37.1 Å². The fourth-order valence-corrected chi connectivity index (χ4v) is 2.85. The van der Waals surface area contributed by atoms with Crippen LogP contribution in [0.4, 0.5) is 18.0 Å². The molecule has 0 aliphatic rings. The molecule has 0 saturated heterocycles. The first-order valence-corrected chi connectivity index (χ1v) is 9.27. The number of pyridine rings is 1. The lowest BCUT2D eigenvalue weighted by molar-refractivity contribution is -0.274. The van der Waals surface area contributed by atoms with Crippen molar-refractivity contribution in [2.45, 2.75) is 19.8 Å². The second-order valence-corrected chi connectivity index (χ2v) is 6.70. The summed E-state index contributed by atoms with van der Waals surface area (Å²) in [5.41, 5.74) is 2.37. The number of aromatic nitrogens is 5. The molecular formula is C20H14F3N5O5. The molecule has 4 rings (SSSR count). The van der Waals surface area contributed by atoms with Gasteiger partial charge in [-0.3, -0.25) is 4.68 Å². The van der Waals surface area contributed by atoms with Crippen LogP contribution in [0.25, 0.3) is 23.0 Å². The van der Waals surface area contributed by atoms with Crippen LogP contribution in [-0.2, 0) is 6.54 Å². The zero-order valence-electron chi connectivity index (χ0n) is 16.8. The van der Waals surface area contributed by atoms with E-state index in [1.165, 1.54) is 24.4 Å². The Hall–Kier alpha value is -4.42. The van der Waals surface area contributed by atoms with Gasteiger partial charge < -0.3 is 19.1 Å². The van der Waals surface area contributed by atoms with Gasteiger partial charge in [0.1, 0.15) is 5.75 Å². The van der Waals surface area contributed by atoms with Crippen molar-refractivity contribution in [1.29, 1.82) is 0 Å². The Labute approximate surface area is 183 Å². The van der Waals surface area contributed by atoms with Gasteiger partial charge in [-0.2, -0.15) is 10.1 Å². The number of hydrogen-bond acceptors (Lipinski definition) is 8. The van der Waals surface area contributed by atoms with Gasteiger partial charge in [-0.25, -0.2) is 9.78 Å². The van der Waals surface area contributed by atoms with Gasteiger partial charge in [0.15, 0.2) is 5.69 Å². The van der Waals surface area contributed by atoms with Gasteiger partial charge in [0, 0.05) is 23.5 Å². The van der Waals surface area contributed by atoms with Crippen LogP contribution in [0.15, 0.2) is 53.2 Å². The molecule has 0 aliphatic heterocycles. The number of benzene rings is 1. The first-order chi connectivity index (χ1) is 15.7. The third kappa shape index (κ3) is 5.44. The number of nitrogens with zero attached hydrogens (tertiary/aromatic N) is 5. The molecule has 0 radical (unpaired) electrons. The monoisotopic (exact) mass is 461 g/mol. The van der Waals surface area contributed by atoms with E-state index in [-0.39, 0.29) is 23.3 Å². The second kappa shape index (κ2) is 8.61. The highest BCUT2D eigenvalue weighted by atomic mass is 19.4. The Kier molecular flexibility index (Phi) is 5.69. The Bertz CT molecular complexity index is 1270. The number of rotatable bonds is 6. The SMILES string of the molecule is Cc1cc(-c2nc(-c3ccc(OC(F)(F)F)cc3)no2)nn1Cc1ccc(OC(=O)O)nc1. The van der Waals surface area contributed by atoms with E-state index < -0.39 is 12.5 Å². The average Bonchev–Trinajstić information content (AvgIpc) is 3.36. The molecule has 10 nitrogen and oxygen atoms in total. The third-order valence-electron chi connectivity index (χ3n) is 4.29. The first kappa shape index (κ1) is 21.8. The number of halogens is 3. The van der Waals surface area contributed by atoms with Crippen LogP contribution in [0, 0.1) is 6.92 Å². The number of carboxylic acid groups (broad SMARTS) is 1. The lowest BCUT2D eigenvalue weighted by Gasteiger charge is -2.08. The number of carbonyl (C=O) groups is 1. The van der Waals surface area contributed by atoms with Crippen LogP contribution in [0.5, 0.6) is 11.6 Å². The molecule has 1 N–H and O–H groups in total. The minimum atomic E-state index is -4.78. The van der Waals surface area contributed by atoms with Crippen LogP contribution in [0.3, 0.4) is 0 Å². The van der Waals surface area contributed by atoms with Gasteiger partial charge in [-0.05, 0) is 42.8 Å². The smallest absolute Gasteiger partial charge is 0.449 e. The third-order valence-corrected chi connectivity index (χ3v) is 4.29. The molecule has 3 heterocycles. The van der Waals surface area contributed by atoms with Crippen molar-refractivity contribution in [2.24, 2.45) is 0 Å². The predicted octanol–water partition coefficient (Wildman–Crippen LogP) is 4.31. The maximum atomic E-state index is 12.3. The summed E-state index contributed by atoms with van der Waals surface area (Å²) in [5.74, 6) is -0.0957. The minimum Gasteiger partial charge on any atom is -0.449 e. The van der Waals surface area contributed by atoms with Crippen molar-refractivity contribution in [2.75, 3.05) is 0 Å². The molecule has 0 amide bonds. The highest BCUT2D eigenvalue weighted by molar-refractivity contribution is 5.60. The van der Waals surface area contributed by atoms with Crippen molar-refractivity contribution in [1.82, 2.24) is 24.9 Å². The Balaban J connectivity index is 1.48. The lowest BCUT2D eigenvalue weighted by Crippen LogP contribution is -2.16. The summed E-state index contributed by atoms with van der Waals surface area (Å²) >= 11 is 0. The molecule has 0 aliphatic carbocycles. The van der Waals surface area contributed by atoms with E-state index in [0.29, 0.717) is 17.8 Å². The molecular weight excluding hydrogens is 447 g/mol. The average molecular weight is 461 g/mol. The Morgan fingerprint density at radius 1 is 1.18 bits per heavy atom. The normalized spacial score (nSPS) is 11.4. The van der Waals surface area contributed by atoms with E-state index in [1.807, 2.05) is 6.92 Å². The zero-order chi connectivity index (χ0) is 23.6. The van der Waals surface area contributed by atoms with Crippen molar-refractivity contribution >= 4 is 6.16 Å². The molecule has 0 saturated carbocycles. The molecule has 3 aromatic heterocycles. The van der Waals surface area contributed by atoms with E-state index in [0.717, 1.165) is 23.4 Å². The zero-order valence-corrected chi connectivity index (χ0v) is 16.8. The molecule has 33 heavy (non-hydrogen) atoms.